The molecule has 134 valence electrons. The van der Waals surface area contributed by atoms with E-state index in [1.54, 1.807) is 35.2 Å². The molecule has 0 bridgehead atoms. The van der Waals surface area contributed by atoms with Gasteiger partial charge in [0, 0.05) is 22.8 Å². The average molecular weight is 380 g/mol. The van der Waals surface area contributed by atoms with Gasteiger partial charge in [0.25, 0.3) is 0 Å². The molecule has 3 heterocycles. The van der Waals surface area contributed by atoms with Gasteiger partial charge in [0.15, 0.2) is 5.75 Å². The number of pyridine rings is 1. The van der Waals surface area contributed by atoms with Gasteiger partial charge in [0.1, 0.15) is 17.0 Å². The minimum Gasteiger partial charge on any atom is -0.493 e. The fraction of sp³-hybridized carbons (Fsp3) is 0.105. The standard InChI is InChI=1S/C19H14ClN5O2/c1-11-18(27-15-6-12(8-21)5-14(20)7-15)16(24-23-11)10-25-9-13-3-2-4-22-17(13)19(25)26/h2-7,9,26H,10H2,1H3,(H,23,24). The summed E-state index contributed by atoms with van der Waals surface area (Å²) in [5, 5.41) is 27.9. The normalized spacial score (nSPS) is 10.9. The lowest BCUT2D eigenvalue weighted by atomic mass is 10.2. The Morgan fingerprint density at radius 1 is 1.37 bits per heavy atom. The molecule has 8 heteroatoms. The van der Waals surface area contributed by atoms with Gasteiger partial charge in [-0.1, -0.05) is 11.6 Å². The molecular formula is C19H14ClN5O2. The van der Waals surface area contributed by atoms with E-state index in [1.165, 1.54) is 0 Å². The third kappa shape index (κ3) is 3.18. The van der Waals surface area contributed by atoms with Crippen molar-refractivity contribution in [1.82, 2.24) is 19.7 Å². The fourth-order valence-corrected chi connectivity index (χ4v) is 3.10. The monoisotopic (exact) mass is 379 g/mol. The van der Waals surface area contributed by atoms with Gasteiger partial charge in [-0.05, 0) is 37.3 Å². The lowest BCUT2D eigenvalue weighted by Gasteiger charge is -2.09. The minimum atomic E-state index is 0.0618. The number of aromatic nitrogens is 4. The number of fused-ring (bicyclic) bond motifs is 1. The van der Waals surface area contributed by atoms with Gasteiger partial charge >= 0.3 is 0 Å². The number of nitriles is 1. The maximum absolute atomic E-state index is 10.4. The molecule has 0 spiro atoms. The van der Waals surface area contributed by atoms with E-state index in [0.717, 1.165) is 11.1 Å². The second kappa shape index (κ2) is 6.67. The zero-order valence-corrected chi connectivity index (χ0v) is 15.0. The van der Waals surface area contributed by atoms with Crippen molar-refractivity contribution in [2.45, 2.75) is 13.5 Å². The molecule has 0 saturated heterocycles. The number of hydrogen-bond acceptors (Lipinski definition) is 5. The number of aryl methyl sites for hydroxylation is 1. The van der Waals surface area contributed by atoms with Crippen molar-refractivity contribution in [2.24, 2.45) is 0 Å². The Morgan fingerprint density at radius 2 is 2.22 bits per heavy atom. The molecule has 2 N–H and O–H groups in total. The SMILES string of the molecule is Cc1[nH]nc(Cn2cc3cccnc3c2O)c1Oc1cc(Cl)cc(C#N)c1. The van der Waals surface area contributed by atoms with E-state index in [1.807, 2.05) is 25.1 Å². The van der Waals surface area contributed by atoms with Crippen LogP contribution in [0.2, 0.25) is 5.02 Å². The van der Waals surface area contributed by atoms with E-state index in [4.69, 9.17) is 21.6 Å². The molecule has 0 atom stereocenters. The van der Waals surface area contributed by atoms with Crippen molar-refractivity contribution >= 4 is 22.5 Å². The lowest BCUT2D eigenvalue weighted by molar-refractivity contribution is 0.423. The van der Waals surface area contributed by atoms with Crippen LogP contribution < -0.4 is 4.74 Å². The summed E-state index contributed by atoms with van der Waals surface area (Å²) in [5.74, 6) is 1.02. The molecule has 3 aromatic heterocycles. The van der Waals surface area contributed by atoms with Crippen LogP contribution in [-0.2, 0) is 6.54 Å². The molecule has 0 aliphatic carbocycles. The van der Waals surface area contributed by atoms with Crippen LogP contribution in [0.3, 0.4) is 0 Å². The lowest BCUT2D eigenvalue weighted by Crippen LogP contribution is -2.00. The van der Waals surface area contributed by atoms with Crippen LogP contribution in [0.25, 0.3) is 10.9 Å². The molecule has 7 nitrogen and oxygen atoms in total. The molecule has 0 saturated carbocycles. The maximum atomic E-state index is 10.4. The number of rotatable bonds is 4. The number of nitrogens with one attached hydrogen (secondary N) is 1. The second-order valence-corrected chi connectivity index (χ2v) is 6.47. The molecule has 0 aliphatic heterocycles. The van der Waals surface area contributed by atoms with Crippen molar-refractivity contribution in [3.8, 4) is 23.4 Å². The van der Waals surface area contributed by atoms with Crippen LogP contribution in [0.5, 0.6) is 17.4 Å². The Bertz CT molecular complexity index is 1190. The Morgan fingerprint density at radius 3 is 3.00 bits per heavy atom. The van der Waals surface area contributed by atoms with E-state index >= 15 is 0 Å². The van der Waals surface area contributed by atoms with Crippen LogP contribution in [0, 0.1) is 18.3 Å². The van der Waals surface area contributed by atoms with Gasteiger partial charge in [0.05, 0.1) is 23.9 Å². The van der Waals surface area contributed by atoms with E-state index in [2.05, 4.69) is 15.2 Å². The zero-order valence-electron chi connectivity index (χ0n) is 14.3. The summed E-state index contributed by atoms with van der Waals surface area (Å²) in [6, 6.07) is 10.5. The summed E-state index contributed by atoms with van der Waals surface area (Å²) in [6.45, 7) is 2.11. The highest BCUT2D eigenvalue weighted by molar-refractivity contribution is 6.30. The Labute approximate surface area is 159 Å². The molecule has 1 aromatic carbocycles. The summed E-state index contributed by atoms with van der Waals surface area (Å²) in [6.07, 6.45) is 3.43. The van der Waals surface area contributed by atoms with Crippen LogP contribution >= 0.6 is 11.6 Å². The largest absolute Gasteiger partial charge is 0.493 e. The van der Waals surface area contributed by atoms with Gasteiger partial charge in [-0.25, -0.2) is 0 Å². The molecule has 0 amide bonds. The average Bonchev–Trinajstić information content (AvgIpc) is 3.16. The van der Waals surface area contributed by atoms with Gasteiger partial charge < -0.3 is 14.4 Å². The number of nitrogens with zero attached hydrogens (tertiary/aromatic N) is 4. The number of H-pyrrole nitrogens is 1. The fourth-order valence-electron chi connectivity index (χ4n) is 2.87. The summed E-state index contributed by atoms with van der Waals surface area (Å²) >= 11 is 6.05. The van der Waals surface area contributed by atoms with Gasteiger partial charge in [-0.15, -0.1) is 0 Å². The second-order valence-electron chi connectivity index (χ2n) is 6.04. The van der Waals surface area contributed by atoms with Crippen LogP contribution in [0.15, 0.2) is 42.7 Å². The van der Waals surface area contributed by atoms with Crippen molar-refractivity contribution in [1.29, 1.82) is 5.26 Å². The van der Waals surface area contributed by atoms with Crippen LogP contribution in [-0.4, -0.2) is 24.9 Å². The van der Waals surface area contributed by atoms with E-state index in [9.17, 15) is 5.11 Å². The summed E-state index contributed by atoms with van der Waals surface area (Å²) in [4.78, 5) is 4.19. The Hall–Kier alpha value is -3.50. The molecule has 0 aliphatic rings. The van der Waals surface area contributed by atoms with Gasteiger partial charge in [-0.2, -0.15) is 10.4 Å². The first kappa shape index (κ1) is 16.9. The number of benzene rings is 1. The van der Waals surface area contributed by atoms with E-state index in [-0.39, 0.29) is 12.4 Å². The highest BCUT2D eigenvalue weighted by Gasteiger charge is 2.17. The highest BCUT2D eigenvalue weighted by atomic mass is 35.5. The van der Waals surface area contributed by atoms with Gasteiger partial charge in [0.2, 0.25) is 5.88 Å². The molecule has 4 rings (SSSR count). The number of aromatic amines is 1. The Kier molecular flexibility index (Phi) is 4.18. The number of aromatic hydroxyl groups is 1. The third-order valence-corrected chi connectivity index (χ3v) is 4.34. The molecule has 4 aromatic rings. The first-order chi connectivity index (χ1) is 13.0. The predicted molar refractivity (Wildman–Crippen MR) is 100 cm³/mol. The number of hydrogen-bond donors (Lipinski definition) is 2. The molecule has 0 fully saturated rings. The topological polar surface area (TPSA) is 99.8 Å². The maximum Gasteiger partial charge on any atom is 0.218 e. The molecule has 0 unspecified atom stereocenters. The van der Waals surface area contributed by atoms with E-state index < -0.39 is 0 Å². The van der Waals surface area contributed by atoms with Crippen LogP contribution in [0.1, 0.15) is 17.0 Å². The highest BCUT2D eigenvalue weighted by Crippen LogP contribution is 2.32. The quantitative estimate of drug-likeness (QED) is 0.555. The number of ether oxygens (including phenoxy) is 1. The summed E-state index contributed by atoms with van der Waals surface area (Å²) < 4.78 is 7.60. The predicted octanol–water partition coefficient (Wildman–Crippen LogP) is 4.14. The first-order valence-electron chi connectivity index (χ1n) is 8.10. The molecule has 27 heavy (non-hydrogen) atoms. The molecular weight excluding hydrogens is 366 g/mol. The van der Waals surface area contributed by atoms with Crippen molar-refractivity contribution < 1.29 is 9.84 Å². The zero-order chi connectivity index (χ0) is 19.0. The Balaban J connectivity index is 1.69. The third-order valence-electron chi connectivity index (χ3n) is 4.12. The summed E-state index contributed by atoms with van der Waals surface area (Å²) in [7, 11) is 0. The molecule has 0 radical (unpaired) electrons. The smallest absolute Gasteiger partial charge is 0.218 e. The summed E-state index contributed by atoms with van der Waals surface area (Å²) in [5.41, 5.74) is 2.25. The van der Waals surface area contributed by atoms with Gasteiger partial charge in [-0.3, -0.25) is 10.1 Å². The minimum absolute atomic E-state index is 0.0618. The van der Waals surface area contributed by atoms with E-state index in [0.29, 0.717) is 33.3 Å². The first-order valence-corrected chi connectivity index (χ1v) is 8.48. The van der Waals surface area contributed by atoms with Crippen molar-refractivity contribution in [3.63, 3.8) is 0 Å². The van der Waals surface area contributed by atoms with Crippen LogP contribution in [0.4, 0.5) is 0 Å². The number of halogens is 1. The van der Waals surface area contributed by atoms with Crippen molar-refractivity contribution in [2.75, 3.05) is 0 Å². The van der Waals surface area contributed by atoms with Crippen molar-refractivity contribution in [3.05, 3.63) is 64.7 Å².